The SMILES string of the molecule is CCC1(CC)C(NC)CC1OC1CC(C)CC(C)C1. The first-order valence-electron chi connectivity index (χ1n) is 8.38. The Balaban J connectivity index is 1.95. The minimum absolute atomic E-state index is 0.388. The van der Waals surface area contributed by atoms with Crippen molar-refractivity contribution in [2.45, 2.75) is 84.5 Å². The van der Waals surface area contributed by atoms with E-state index in [1.807, 2.05) is 0 Å². The van der Waals surface area contributed by atoms with E-state index in [1.54, 1.807) is 0 Å². The lowest BCUT2D eigenvalue weighted by Gasteiger charge is -2.56. The second kappa shape index (κ2) is 6.13. The molecule has 0 aromatic rings. The largest absolute Gasteiger partial charge is 0.374 e. The summed E-state index contributed by atoms with van der Waals surface area (Å²) in [6.45, 7) is 9.43. The summed E-state index contributed by atoms with van der Waals surface area (Å²) in [4.78, 5) is 0. The van der Waals surface area contributed by atoms with Crippen LogP contribution in [0.5, 0.6) is 0 Å². The molecule has 4 unspecified atom stereocenters. The third kappa shape index (κ3) is 2.85. The lowest BCUT2D eigenvalue weighted by molar-refractivity contribution is -0.176. The van der Waals surface area contributed by atoms with E-state index in [-0.39, 0.29) is 0 Å². The van der Waals surface area contributed by atoms with E-state index in [0.717, 1.165) is 11.8 Å². The molecule has 2 heteroatoms. The number of hydrogen-bond donors (Lipinski definition) is 1. The molecule has 0 radical (unpaired) electrons. The summed E-state index contributed by atoms with van der Waals surface area (Å²) < 4.78 is 6.56. The second-order valence-electron chi connectivity index (χ2n) is 7.18. The van der Waals surface area contributed by atoms with Crippen LogP contribution in [0.4, 0.5) is 0 Å². The van der Waals surface area contributed by atoms with Crippen molar-refractivity contribution in [1.82, 2.24) is 5.32 Å². The van der Waals surface area contributed by atoms with Crippen molar-refractivity contribution in [3.05, 3.63) is 0 Å². The van der Waals surface area contributed by atoms with Gasteiger partial charge in [0.25, 0.3) is 0 Å². The zero-order chi connectivity index (χ0) is 14.0. The summed E-state index contributed by atoms with van der Waals surface area (Å²) in [5.41, 5.74) is 0.388. The topological polar surface area (TPSA) is 21.3 Å². The predicted molar refractivity (Wildman–Crippen MR) is 81.3 cm³/mol. The van der Waals surface area contributed by atoms with Gasteiger partial charge in [-0.2, -0.15) is 0 Å². The third-order valence-electron chi connectivity index (χ3n) is 5.94. The third-order valence-corrected chi connectivity index (χ3v) is 5.94. The molecule has 0 aromatic carbocycles. The highest BCUT2D eigenvalue weighted by atomic mass is 16.5. The normalized spacial score (nSPS) is 41.8. The van der Waals surface area contributed by atoms with Crippen LogP contribution < -0.4 is 5.32 Å². The van der Waals surface area contributed by atoms with Crippen LogP contribution in [0.25, 0.3) is 0 Å². The molecular formula is C17H33NO. The molecule has 2 rings (SSSR count). The summed E-state index contributed by atoms with van der Waals surface area (Å²) in [7, 11) is 2.10. The van der Waals surface area contributed by atoms with Gasteiger partial charge in [0.15, 0.2) is 0 Å². The zero-order valence-electron chi connectivity index (χ0n) is 13.5. The van der Waals surface area contributed by atoms with Crippen LogP contribution in [-0.4, -0.2) is 25.3 Å². The molecule has 112 valence electrons. The van der Waals surface area contributed by atoms with Crippen molar-refractivity contribution in [3.8, 4) is 0 Å². The average molecular weight is 267 g/mol. The van der Waals surface area contributed by atoms with Crippen LogP contribution >= 0.6 is 0 Å². The van der Waals surface area contributed by atoms with Gasteiger partial charge in [-0.25, -0.2) is 0 Å². The Hall–Kier alpha value is -0.0800. The Morgan fingerprint density at radius 3 is 2.05 bits per heavy atom. The van der Waals surface area contributed by atoms with Gasteiger partial charge in [-0.3, -0.25) is 0 Å². The van der Waals surface area contributed by atoms with Crippen molar-refractivity contribution < 1.29 is 4.74 Å². The van der Waals surface area contributed by atoms with Crippen LogP contribution in [0.2, 0.25) is 0 Å². The molecule has 2 nitrogen and oxygen atoms in total. The average Bonchev–Trinajstić information content (AvgIpc) is 2.34. The Kier molecular flexibility index (Phi) is 4.94. The summed E-state index contributed by atoms with van der Waals surface area (Å²) in [5.74, 6) is 1.68. The van der Waals surface area contributed by atoms with E-state index in [4.69, 9.17) is 4.74 Å². The summed E-state index contributed by atoms with van der Waals surface area (Å²) in [6.07, 6.45) is 8.60. The number of ether oxygens (including phenoxy) is 1. The Bertz CT molecular complexity index is 277. The number of hydrogen-bond acceptors (Lipinski definition) is 2. The molecule has 0 bridgehead atoms. The maximum Gasteiger partial charge on any atom is 0.0664 e. The van der Waals surface area contributed by atoms with Crippen LogP contribution in [0.15, 0.2) is 0 Å². The molecule has 1 N–H and O–H groups in total. The van der Waals surface area contributed by atoms with Gasteiger partial charge in [0.1, 0.15) is 0 Å². The van der Waals surface area contributed by atoms with Crippen molar-refractivity contribution in [1.29, 1.82) is 0 Å². The lowest BCUT2D eigenvalue weighted by Crippen LogP contribution is -2.63. The maximum atomic E-state index is 6.56. The monoisotopic (exact) mass is 267 g/mol. The standard InChI is InChI=1S/C17H33NO/c1-6-17(7-2)15(18-5)11-16(17)19-14-9-12(3)8-13(4)10-14/h12-16,18H,6-11H2,1-5H3. The lowest BCUT2D eigenvalue weighted by atomic mass is 9.58. The Labute approximate surface area is 119 Å². The summed E-state index contributed by atoms with van der Waals surface area (Å²) in [5, 5.41) is 3.50. The van der Waals surface area contributed by atoms with Gasteiger partial charge in [-0.1, -0.05) is 27.7 Å². The van der Waals surface area contributed by atoms with Gasteiger partial charge in [-0.15, -0.1) is 0 Å². The van der Waals surface area contributed by atoms with E-state index in [1.165, 1.54) is 38.5 Å². The van der Waals surface area contributed by atoms with Gasteiger partial charge in [-0.05, 0) is 57.4 Å². The molecule has 19 heavy (non-hydrogen) atoms. The van der Waals surface area contributed by atoms with Crippen molar-refractivity contribution in [3.63, 3.8) is 0 Å². The van der Waals surface area contributed by atoms with E-state index >= 15 is 0 Å². The van der Waals surface area contributed by atoms with E-state index in [9.17, 15) is 0 Å². The first-order chi connectivity index (χ1) is 9.05. The fraction of sp³-hybridized carbons (Fsp3) is 1.00. The van der Waals surface area contributed by atoms with Gasteiger partial charge in [0.2, 0.25) is 0 Å². The van der Waals surface area contributed by atoms with Crippen LogP contribution in [0.1, 0.15) is 66.2 Å². The highest BCUT2D eigenvalue weighted by molar-refractivity contribution is 5.06. The summed E-state index contributed by atoms with van der Waals surface area (Å²) >= 11 is 0. The first-order valence-corrected chi connectivity index (χ1v) is 8.38. The maximum absolute atomic E-state index is 6.56. The van der Waals surface area contributed by atoms with Gasteiger partial charge < -0.3 is 10.1 Å². The minimum Gasteiger partial charge on any atom is -0.374 e. The molecule has 0 amide bonds. The molecule has 4 atom stereocenters. The second-order valence-corrected chi connectivity index (χ2v) is 7.18. The molecule has 2 saturated carbocycles. The Morgan fingerprint density at radius 2 is 1.58 bits per heavy atom. The van der Waals surface area contributed by atoms with E-state index < -0.39 is 0 Å². The molecule has 2 aliphatic carbocycles. The van der Waals surface area contributed by atoms with Crippen molar-refractivity contribution in [2.75, 3.05) is 7.05 Å². The predicted octanol–water partition coefficient (Wildman–Crippen LogP) is 3.99. The fourth-order valence-corrected chi connectivity index (χ4v) is 4.76. The Morgan fingerprint density at radius 1 is 1.00 bits per heavy atom. The van der Waals surface area contributed by atoms with Crippen molar-refractivity contribution >= 4 is 0 Å². The molecule has 0 aliphatic heterocycles. The molecule has 2 aliphatic rings. The highest BCUT2D eigenvalue weighted by Gasteiger charge is 2.53. The molecule has 0 aromatic heterocycles. The number of rotatable bonds is 5. The quantitative estimate of drug-likeness (QED) is 0.813. The molecule has 0 heterocycles. The van der Waals surface area contributed by atoms with E-state index in [2.05, 4.69) is 40.1 Å². The minimum atomic E-state index is 0.388. The van der Waals surface area contributed by atoms with Crippen molar-refractivity contribution in [2.24, 2.45) is 17.3 Å². The number of nitrogens with one attached hydrogen (secondary N) is 1. The summed E-state index contributed by atoms with van der Waals surface area (Å²) in [6, 6.07) is 0.658. The van der Waals surface area contributed by atoms with Gasteiger partial charge in [0.05, 0.1) is 12.2 Å². The van der Waals surface area contributed by atoms with Gasteiger partial charge >= 0.3 is 0 Å². The molecule has 0 spiro atoms. The molecule has 2 fully saturated rings. The smallest absolute Gasteiger partial charge is 0.0664 e. The zero-order valence-corrected chi connectivity index (χ0v) is 13.5. The van der Waals surface area contributed by atoms with Crippen LogP contribution in [0.3, 0.4) is 0 Å². The first kappa shape index (κ1) is 15.3. The van der Waals surface area contributed by atoms with Gasteiger partial charge in [0, 0.05) is 11.5 Å². The molecule has 0 saturated heterocycles. The molecular weight excluding hydrogens is 234 g/mol. The highest BCUT2D eigenvalue weighted by Crippen LogP contribution is 2.50. The fourth-order valence-electron chi connectivity index (χ4n) is 4.76. The van der Waals surface area contributed by atoms with Crippen LogP contribution in [0, 0.1) is 17.3 Å². The van der Waals surface area contributed by atoms with Crippen LogP contribution in [-0.2, 0) is 4.74 Å². The van der Waals surface area contributed by atoms with E-state index in [0.29, 0.717) is 23.7 Å².